The van der Waals surface area contributed by atoms with Crippen molar-refractivity contribution >= 4 is 27.5 Å². The van der Waals surface area contributed by atoms with Gasteiger partial charge in [0, 0.05) is 45.2 Å². The van der Waals surface area contributed by atoms with Crippen molar-refractivity contribution in [2.45, 2.75) is 50.0 Å². The van der Waals surface area contributed by atoms with Gasteiger partial charge in [-0.15, -0.1) is 0 Å². The lowest BCUT2D eigenvalue weighted by Gasteiger charge is -2.27. The second-order valence-electron chi connectivity index (χ2n) is 7.54. The van der Waals surface area contributed by atoms with E-state index in [0.717, 1.165) is 44.3 Å². The molecule has 0 aliphatic carbocycles. The van der Waals surface area contributed by atoms with Crippen LogP contribution in [0.1, 0.15) is 38.2 Å². The molecule has 1 atom stereocenters. The van der Waals surface area contributed by atoms with Crippen LogP contribution in [0.3, 0.4) is 0 Å². The summed E-state index contributed by atoms with van der Waals surface area (Å²) < 4.78 is 27.2. The second-order valence-corrected chi connectivity index (χ2v) is 9.48. The summed E-state index contributed by atoms with van der Waals surface area (Å²) in [7, 11) is -3.52. The van der Waals surface area contributed by atoms with Crippen molar-refractivity contribution in [3.8, 4) is 0 Å². The minimum Gasteiger partial charge on any atom is -0.341 e. The Labute approximate surface area is 160 Å². The van der Waals surface area contributed by atoms with Crippen LogP contribution in [-0.2, 0) is 26.0 Å². The van der Waals surface area contributed by atoms with E-state index < -0.39 is 16.1 Å². The van der Waals surface area contributed by atoms with Gasteiger partial charge < -0.3 is 4.90 Å². The van der Waals surface area contributed by atoms with Crippen LogP contribution < -0.4 is 4.90 Å². The minimum atomic E-state index is -3.52. The molecule has 1 aromatic carbocycles. The Morgan fingerprint density at radius 2 is 1.63 bits per heavy atom. The van der Waals surface area contributed by atoms with Gasteiger partial charge in [0.1, 0.15) is 6.04 Å². The molecular formula is C19H25N3O4S. The van der Waals surface area contributed by atoms with E-state index in [0.29, 0.717) is 25.2 Å². The molecule has 1 aromatic rings. The van der Waals surface area contributed by atoms with E-state index in [2.05, 4.69) is 0 Å². The minimum absolute atomic E-state index is 0.0390. The first-order valence-corrected chi connectivity index (χ1v) is 11.1. The molecule has 0 aromatic heterocycles. The summed E-state index contributed by atoms with van der Waals surface area (Å²) in [4.78, 5) is 28.8. The number of nitrogens with zero attached hydrogens (tertiary/aromatic N) is 3. The number of rotatable bonds is 3. The van der Waals surface area contributed by atoms with Gasteiger partial charge >= 0.3 is 0 Å². The lowest BCUT2D eigenvalue weighted by Crippen LogP contribution is -2.48. The van der Waals surface area contributed by atoms with Crippen molar-refractivity contribution in [1.29, 1.82) is 0 Å². The maximum Gasteiger partial charge on any atom is 0.246 e. The highest BCUT2D eigenvalue weighted by Crippen LogP contribution is 2.36. The molecule has 4 rings (SSSR count). The number of carbonyl (C=O) groups excluding carboxylic acids is 2. The summed E-state index contributed by atoms with van der Waals surface area (Å²) in [5.74, 6) is -0.232. The maximum absolute atomic E-state index is 12.9. The fourth-order valence-electron chi connectivity index (χ4n) is 4.40. The first kappa shape index (κ1) is 18.4. The largest absolute Gasteiger partial charge is 0.341 e. The number of fused-ring (bicyclic) bond motifs is 1. The molecule has 3 aliphatic rings. The molecule has 2 saturated heterocycles. The SMILES string of the molecule is CC(=O)N1c2ccc(S(=O)(=O)N3CCCC3)cc2CC1C(=O)N1CCCC1. The number of sulfonamides is 1. The molecule has 146 valence electrons. The Kier molecular flexibility index (Phi) is 4.71. The summed E-state index contributed by atoms with van der Waals surface area (Å²) in [5, 5.41) is 0. The van der Waals surface area contributed by atoms with Crippen LogP contribution in [0.2, 0.25) is 0 Å². The normalized spacial score (nSPS) is 23.1. The third-order valence-electron chi connectivity index (χ3n) is 5.78. The summed E-state index contributed by atoms with van der Waals surface area (Å²) >= 11 is 0. The molecule has 7 nitrogen and oxygen atoms in total. The van der Waals surface area contributed by atoms with Crippen LogP contribution in [0.25, 0.3) is 0 Å². The molecule has 0 N–H and O–H groups in total. The summed E-state index contributed by atoms with van der Waals surface area (Å²) in [6.07, 6.45) is 4.12. The second kappa shape index (κ2) is 6.91. The number of hydrogen-bond donors (Lipinski definition) is 0. The zero-order chi connectivity index (χ0) is 19.2. The summed E-state index contributed by atoms with van der Waals surface area (Å²) in [6, 6.07) is 4.32. The van der Waals surface area contributed by atoms with Crippen molar-refractivity contribution in [3.05, 3.63) is 23.8 Å². The predicted octanol–water partition coefficient (Wildman–Crippen LogP) is 1.37. The number of likely N-dealkylation sites (tertiary alicyclic amines) is 1. The Bertz CT molecular complexity index is 871. The van der Waals surface area contributed by atoms with E-state index in [-0.39, 0.29) is 16.7 Å². The van der Waals surface area contributed by atoms with Crippen molar-refractivity contribution in [3.63, 3.8) is 0 Å². The maximum atomic E-state index is 12.9. The first-order valence-electron chi connectivity index (χ1n) is 9.61. The van der Waals surface area contributed by atoms with Crippen LogP contribution in [0.5, 0.6) is 0 Å². The fraction of sp³-hybridized carbons (Fsp3) is 0.579. The molecule has 1 unspecified atom stereocenters. The van der Waals surface area contributed by atoms with E-state index in [4.69, 9.17) is 0 Å². The summed E-state index contributed by atoms with van der Waals surface area (Å²) in [6.45, 7) is 4.01. The van der Waals surface area contributed by atoms with Crippen molar-refractivity contribution in [1.82, 2.24) is 9.21 Å². The third-order valence-corrected chi connectivity index (χ3v) is 7.67. The zero-order valence-electron chi connectivity index (χ0n) is 15.6. The van der Waals surface area contributed by atoms with Gasteiger partial charge in [0.2, 0.25) is 21.8 Å². The zero-order valence-corrected chi connectivity index (χ0v) is 16.4. The lowest BCUT2D eigenvalue weighted by atomic mass is 10.1. The van der Waals surface area contributed by atoms with Crippen molar-refractivity contribution in [2.24, 2.45) is 0 Å². The Balaban J connectivity index is 1.66. The molecule has 2 fully saturated rings. The fourth-order valence-corrected chi connectivity index (χ4v) is 5.97. The van der Waals surface area contributed by atoms with Gasteiger partial charge in [-0.05, 0) is 49.4 Å². The topological polar surface area (TPSA) is 78.0 Å². The molecule has 0 radical (unpaired) electrons. The van der Waals surface area contributed by atoms with Crippen molar-refractivity contribution < 1.29 is 18.0 Å². The molecule has 2 amide bonds. The summed E-state index contributed by atoms with van der Waals surface area (Å²) in [5.41, 5.74) is 1.41. The van der Waals surface area contributed by atoms with E-state index in [9.17, 15) is 18.0 Å². The molecule has 0 bridgehead atoms. The highest BCUT2D eigenvalue weighted by molar-refractivity contribution is 7.89. The molecule has 27 heavy (non-hydrogen) atoms. The Morgan fingerprint density at radius 3 is 2.26 bits per heavy atom. The van der Waals surface area contributed by atoms with Crippen LogP contribution >= 0.6 is 0 Å². The van der Waals surface area contributed by atoms with Crippen LogP contribution in [0, 0.1) is 0 Å². The lowest BCUT2D eigenvalue weighted by molar-refractivity contribution is -0.133. The van der Waals surface area contributed by atoms with Gasteiger partial charge in [0.15, 0.2) is 0 Å². The van der Waals surface area contributed by atoms with E-state index in [1.54, 1.807) is 18.2 Å². The first-order chi connectivity index (χ1) is 12.9. The van der Waals surface area contributed by atoms with Gasteiger partial charge in [-0.3, -0.25) is 14.5 Å². The predicted molar refractivity (Wildman–Crippen MR) is 101 cm³/mol. The molecule has 0 spiro atoms. The van der Waals surface area contributed by atoms with Crippen LogP contribution in [0.15, 0.2) is 23.1 Å². The monoisotopic (exact) mass is 391 g/mol. The number of hydrogen-bond acceptors (Lipinski definition) is 4. The van der Waals surface area contributed by atoms with Crippen LogP contribution in [-0.4, -0.2) is 61.7 Å². The quantitative estimate of drug-likeness (QED) is 0.780. The molecule has 8 heteroatoms. The van der Waals surface area contributed by atoms with Crippen molar-refractivity contribution in [2.75, 3.05) is 31.1 Å². The Hall–Kier alpha value is -1.93. The van der Waals surface area contributed by atoms with E-state index in [1.165, 1.54) is 16.1 Å². The average molecular weight is 391 g/mol. The van der Waals surface area contributed by atoms with Gasteiger partial charge in [0.05, 0.1) is 4.90 Å². The highest BCUT2D eigenvalue weighted by atomic mass is 32.2. The number of benzene rings is 1. The highest BCUT2D eigenvalue weighted by Gasteiger charge is 2.40. The van der Waals surface area contributed by atoms with E-state index >= 15 is 0 Å². The van der Waals surface area contributed by atoms with Gasteiger partial charge in [-0.25, -0.2) is 8.42 Å². The van der Waals surface area contributed by atoms with E-state index in [1.807, 2.05) is 4.90 Å². The van der Waals surface area contributed by atoms with Gasteiger partial charge in [-0.2, -0.15) is 4.31 Å². The third kappa shape index (κ3) is 3.14. The molecule has 3 aliphatic heterocycles. The molecule has 0 saturated carbocycles. The smallest absolute Gasteiger partial charge is 0.246 e. The van der Waals surface area contributed by atoms with Crippen LogP contribution in [0.4, 0.5) is 5.69 Å². The Morgan fingerprint density at radius 1 is 1.00 bits per heavy atom. The number of anilines is 1. The number of carbonyl (C=O) groups is 2. The molecular weight excluding hydrogens is 366 g/mol. The number of amides is 2. The average Bonchev–Trinajstić information content (AvgIpc) is 3.40. The van der Waals surface area contributed by atoms with Gasteiger partial charge in [0.25, 0.3) is 0 Å². The van der Waals surface area contributed by atoms with Gasteiger partial charge in [-0.1, -0.05) is 0 Å². The molecule has 3 heterocycles. The standard InChI is InChI=1S/C19H25N3O4S/c1-14(23)22-17-7-6-16(27(25,26)21-10-4-5-11-21)12-15(17)13-18(22)19(24)20-8-2-3-9-20/h6-7,12,18H,2-5,8-11,13H2,1H3.